The average molecular weight is 225 g/mol. The molecule has 0 heterocycles. The van der Waals surface area contributed by atoms with Crippen LogP contribution in [0.5, 0.6) is 0 Å². The lowest BCUT2D eigenvalue weighted by Gasteiger charge is -2.30. The first-order chi connectivity index (χ1) is 7.81. The Labute approximate surface area is 97.9 Å². The molecule has 3 nitrogen and oxygen atoms in total. The zero-order valence-corrected chi connectivity index (χ0v) is 10.2. The first-order valence-electron chi connectivity index (χ1n) is 6.62. The molecule has 2 aliphatic carbocycles. The van der Waals surface area contributed by atoms with Crippen LogP contribution in [0, 0.1) is 11.8 Å². The molecule has 3 heteroatoms. The lowest BCUT2D eigenvalue weighted by atomic mass is 9.88. The van der Waals surface area contributed by atoms with E-state index in [1.54, 1.807) is 0 Å². The second-order valence-corrected chi connectivity index (χ2v) is 5.21. The molecule has 2 saturated carbocycles. The molecule has 0 spiro atoms. The predicted octanol–water partition coefficient (Wildman–Crippen LogP) is 2.11. The molecule has 2 rings (SSSR count). The summed E-state index contributed by atoms with van der Waals surface area (Å²) in [5, 5.41) is 3.51. The van der Waals surface area contributed by atoms with Crippen LogP contribution in [0.1, 0.15) is 44.9 Å². The molecule has 0 aromatic rings. The van der Waals surface area contributed by atoms with Gasteiger partial charge in [-0.25, -0.2) is 0 Å². The van der Waals surface area contributed by atoms with Crippen molar-refractivity contribution in [1.29, 1.82) is 0 Å². The number of hydrogen-bond donors (Lipinski definition) is 1. The molecule has 1 unspecified atom stereocenters. The van der Waals surface area contributed by atoms with E-state index < -0.39 is 0 Å². The van der Waals surface area contributed by atoms with Crippen LogP contribution < -0.4 is 5.32 Å². The van der Waals surface area contributed by atoms with Crippen molar-refractivity contribution in [2.45, 2.75) is 51.0 Å². The van der Waals surface area contributed by atoms with Crippen LogP contribution in [0.3, 0.4) is 0 Å². The molecule has 0 saturated heterocycles. The maximum Gasteiger partial charge on any atom is 0.310 e. The Balaban J connectivity index is 1.82. The van der Waals surface area contributed by atoms with Gasteiger partial charge in [-0.15, -0.1) is 0 Å². The van der Waals surface area contributed by atoms with Crippen LogP contribution in [0.4, 0.5) is 0 Å². The Morgan fingerprint density at radius 3 is 2.44 bits per heavy atom. The van der Waals surface area contributed by atoms with Gasteiger partial charge in [-0.3, -0.25) is 4.79 Å². The monoisotopic (exact) mass is 225 g/mol. The largest absolute Gasteiger partial charge is 0.469 e. The van der Waals surface area contributed by atoms with Crippen molar-refractivity contribution in [3.05, 3.63) is 0 Å². The summed E-state index contributed by atoms with van der Waals surface area (Å²) in [5.41, 5.74) is 0. The van der Waals surface area contributed by atoms with E-state index in [1.165, 1.54) is 52.1 Å². The highest BCUT2D eigenvalue weighted by molar-refractivity contribution is 5.73. The Kier molecular flexibility index (Phi) is 4.22. The van der Waals surface area contributed by atoms with E-state index in [2.05, 4.69) is 5.32 Å². The fourth-order valence-electron chi connectivity index (χ4n) is 2.86. The third kappa shape index (κ3) is 2.76. The third-order valence-corrected chi connectivity index (χ3v) is 4.20. The van der Waals surface area contributed by atoms with Crippen molar-refractivity contribution in [2.75, 3.05) is 13.7 Å². The molecule has 0 aromatic heterocycles. The van der Waals surface area contributed by atoms with E-state index in [-0.39, 0.29) is 11.9 Å². The van der Waals surface area contributed by atoms with Crippen LogP contribution in [0.15, 0.2) is 0 Å². The SMILES string of the molecule is COC(=O)C(CNC1CCC1)C1CCCC1. The zero-order chi connectivity index (χ0) is 11.4. The summed E-state index contributed by atoms with van der Waals surface area (Å²) in [5.74, 6) is 0.631. The number of carbonyl (C=O) groups is 1. The lowest BCUT2D eigenvalue weighted by Crippen LogP contribution is -2.42. The van der Waals surface area contributed by atoms with Crippen molar-refractivity contribution < 1.29 is 9.53 Å². The third-order valence-electron chi connectivity index (χ3n) is 4.20. The Morgan fingerprint density at radius 2 is 1.94 bits per heavy atom. The van der Waals surface area contributed by atoms with Gasteiger partial charge >= 0.3 is 5.97 Å². The number of esters is 1. The normalized spacial score (nSPS) is 24.1. The van der Waals surface area contributed by atoms with Crippen molar-refractivity contribution in [2.24, 2.45) is 11.8 Å². The smallest absolute Gasteiger partial charge is 0.310 e. The molecule has 92 valence electrons. The van der Waals surface area contributed by atoms with E-state index in [0.717, 1.165) is 6.54 Å². The van der Waals surface area contributed by atoms with Crippen molar-refractivity contribution in [3.63, 3.8) is 0 Å². The summed E-state index contributed by atoms with van der Waals surface area (Å²) < 4.78 is 4.93. The topological polar surface area (TPSA) is 38.3 Å². The van der Waals surface area contributed by atoms with Crippen molar-refractivity contribution in [3.8, 4) is 0 Å². The van der Waals surface area contributed by atoms with Gasteiger partial charge in [0.2, 0.25) is 0 Å². The lowest BCUT2D eigenvalue weighted by molar-refractivity contribution is -0.147. The summed E-state index contributed by atoms with van der Waals surface area (Å²) in [6.07, 6.45) is 8.85. The van der Waals surface area contributed by atoms with E-state index >= 15 is 0 Å². The van der Waals surface area contributed by atoms with E-state index in [9.17, 15) is 4.79 Å². The average Bonchev–Trinajstić information content (AvgIpc) is 2.74. The molecular formula is C13H23NO2. The van der Waals surface area contributed by atoms with Gasteiger partial charge in [0, 0.05) is 12.6 Å². The van der Waals surface area contributed by atoms with E-state index in [0.29, 0.717) is 12.0 Å². The van der Waals surface area contributed by atoms with Crippen LogP contribution >= 0.6 is 0 Å². The predicted molar refractivity (Wildman–Crippen MR) is 63.1 cm³/mol. The van der Waals surface area contributed by atoms with E-state index in [1.807, 2.05) is 0 Å². The minimum absolute atomic E-state index is 0.0151. The Morgan fingerprint density at radius 1 is 1.25 bits per heavy atom. The summed E-state index contributed by atoms with van der Waals surface area (Å²) in [6, 6.07) is 0.661. The summed E-state index contributed by atoms with van der Waals surface area (Å²) in [6.45, 7) is 0.821. The van der Waals surface area contributed by atoms with Gasteiger partial charge in [-0.1, -0.05) is 19.3 Å². The van der Waals surface area contributed by atoms with Gasteiger partial charge < -0.3 is 10.1 Å². The zero-order valence-electron chi connectivity index (χ0n) is 10.2. The molecule has 0 radical (unpaired) electrons. The van der Waals surface area contributed by atoms with Gasteiger partial charge in [-0.2, -0.15) is 0 Å². The number of nitrogens with one attached hydrogen (secondary N) is 1. The maximum absolute atomic E-state index is 11.8. The fraction of sp³-hybridized carbons (Fsp3) is 0.923. The molecule has 0 aromatic carbocycles. The number of ether oxygens (including phenoxy) is 1. The number of methoxy groups -OCH3 is 1. The standard InChI is InChI=1S/C13H23NO2/c1-16-13(15)12(10-5-2-3-6-10)9-14-11-7-4-8-11/h10-12,14H,2-9H2,1H3. The van der Waals surface area contributed by atoms with Gasteiger partial charge in [0.15, 0.2) is 0 Å². The van der Waals surface area contributed by atoms with Crippen molar-refractivity contribution in [1.82, 2.24) is 5.32 Å². The molecule has 2 fully saturated rings. The van der Waals surface area contributed by atoms with Crippen molar-refractivity contribution >= 4 is 5.97 Å². The van der Waals surface area contributed by atoms with Gasteiger partial charge in [-0.05, 0) is 31.6 Å². The summed E-state index contributed by atoms with van der Waals surface area (Å²) in [4.78, 5) is 11.8. The molecule has 0 bridgehead atoms. The minimum Gasteiger partial charge on any atom is -0.469 e. The fourth-order valence-corrected chi connectivity index (χ4v) is 2.86. The van der Waals surface area contributed by atoms with Crippen LogP contribution in [0.2, 0.25) is 0 Å². The first-order valence-corrected chi connectivity index (χ1v) is 6.62. The minimum atomic E-state index is -0.0151. The number of rotatable bonds is 5. The summed E-state index contributed by atoms with van der Waals surface area (Å²) >= 11 is 0. The molecule has 16 heavy (non-hydrogen) atoms. The Bertz CT molecular complexity index is 232. The number of hydrogen-bond acceptors (Lipinski definition) is 3. The van der Waals surface area contributed by atoms with Gasteiger partial charge in [0.05, 0.1) is 13.0 Å². The number of carbonyl (C=O) groups excluding carboxylic acids is 1. The molecule has 0 amide bonds. The summed E-state index contributed by atoms with van der Waals surface area (Å²) in [7, 11) is 1.51. The molecule has 1 atom stereocenters. The Hall–Kier alpha value is -0.570. The van der Waals surface area contributed by atoms with Crippen LogP contribution in [-0.4, -0.2) is 25.7 Å². The van der Waals surface area contributed by atoms with Crippen LogP contribution in [-0.2, 0) is 9.53 Å². The molecule has 0 aliphatic heterocycles. The molecular weight excluding hydrogens is 202 g/mol. The highest BCUT2D eigenvalue weighted by Crippen LogP contribution is 2.32. The van der Waals surface area contributed by atoms with E-state index in [4.69, 9.17) is 4.74 Å². The second-order valence-electron chi connectivity index (χ2n) is 5.21. The highest BCUT2D eigenvalue weighted by Gasteiger charge is 2.32. The van der Waals surface area contributed by atoms with Crippen LogP contribution in [0.25, 0.3) is 0 Å². The maximum atomic E-state index is 11.8. The quantitative estimate of drug-likeness (QED) is 0.728. The van der Waals surface area contributed by atoms with Gasteiger partial charge in [0.1, 0.15) is 0 Å². The highest BCUT2D eigenvalue weighted by atomic mass is 16.5. The molecule has 1 N–H and O–H groups in total. The van der Waals surface area contributed by atoms with Gasteiger partial charge in [0.25, 0.3) is 0 Å². The molecule has 2 aliphatic rings. The first kappa shape index (κ1) is 11.9. The second kappa shape index (κ2) is 5.67.